The SMILES string of the molecule is COc1cc2ncn(-c3cc(OCc4ccccc4C(F)(F)F)cs3)c2cc1OCCCl. The van der Waals surface area contributed by atoms with Crippen LogP contribution in [0.5, 0.6) is 17.2 Å². The average molecular weight is 483 g/mol. The van der Waals surface area contributed by atoms with Crippen molar-refractivity contribution < 1.29 is 27.4 Å². The van der Waals surface area contributed by atoms with Crippen LogP contribution in [-0.4, -0.2) is 29.1 Å². The number of hydrogen-bond acceptors (Lipinski definition) is 5. The highest BCUT2D eigenvalue weighted by atomic mass is 35.5. The van der Waals surface area contributed by atoms with Crippen molar-refractivity contribution in [1.82, 2.24) is 9.55 Å². The first-order chi connectivity index (χ1) is 15.4. The lowest BCUT2D eigenvalue weighted by molar-refractivity contribution is -0.138. The fourth-order valence-electron chi connectivity index (χ4n) is 3.21. The van der Waals surface area contributed by atoms with Crippen molar-refractivity contribution >= 4 is 34.0 Å². The van der Waals surface area contributed by atoms with E-state index in [2.05, 4.69) is 4.98 Å². The molecule has 10 heteroatoms. The number of nitrogens with zero attached hydrogens (tertiary/aromatic N) is 2. The number of hydrogen-bond donors (Lipinski definition) is 0. The summed E-state index contributed by atoms with van der Waals surface area (Å²) in [6.07, 6.45) is -2.77. The first-order valence-electron chi connectivity index (χ1n) is 9.51. The van der Waals surface area contributed by atoms with E-state index in [9.17, 15) is 13.2 Å². The quantitative estimate of drug-likeness (QED) is 0.276. The normalized spacial score (nSPS) is 11.7. The molecule has 0 fully saturated rings. The molecule has 2 aromatic carbocycles. The van der Waals surface area contributed by atoms with E-state index in [1.54, 1.807) is 37.0 Å². The summed E-state index contributed by atoms with van der Waals surface area (Å²) in [5.41, 5.74) is 0.865. The molecule has 32 heavy (non-hydrogen) atoms. The summed E-state index contributed by atoms with van der Waals surface area (Å²) in [4.78, 5) is 4.41. The maximum atomic E-state index is 13.2. The molecule has 0 spiro atoms. The second-order valence-corrected chi connectivity index (χ2v) is 7.98. The lowest BCUT2D eigenvalue weighted by atomic mass is 10.1. The average Bonchev–Trinajstić information content (AvgIpc) is 3.41. The van der Waals surface area contributed by atoms with Crippen molar-refractivity contribution in [2.75, 3.05) is 19.6 Å². The molecule has 0 aliphatic heterocycles. The molecule has 0 N–H and O–H groups in total. The maximum absolute atomic E-state index is 13.2. The molecule has 0 bridgehead atoms. The Morgan fingerprint density at radius 3 is 2.66 bits per heavy atom. The third-order valence-electron chi connectivity index (χ3n) is 4.68. The Morgan fingerprint density at radius 1 is 1.09 bits per heavy atom. The number of fused-ring (bicyclic) bond motifs is 1. The Hall–Kier alpha value is -2.91. The molecule has 0 unspecified atom stereocenters. The lowest BCUT2D eigenvalue weighted by Crippen LogP contribution is -2.10. The summed E-state index contributed by atoms with van der Waals surface area (Å²) in [7, 11) is 1.55. The molecule has 4 rings (SSSR count). The summed E-state index contributed by atoms with van der Waals surface area (Å²) >= 11 is 7.11. The minimum absolute atomic E-state index is 0.0778. The van der Waals surface area contributed by atoms with Gasteiger partial charge in [0.1, 0.15) is 30.3 Å². The lowest BCUT2D eigenvalue weighted by Gasteiger charge is -2.12. The Morgan fingerprint density at radius 2 is 1.91 bits per heavy atom. The van der Waals surface area contributed by atoms with Crippen LogP contribution in [0.1, 0.15) is 11.1 Å². The number of aromatic nitrogens is 2. The zero-order chi connectivity index (χ0) is 22.7. The van der Waals surface area contributed by atoms with Gasteiger partial charge in [0, 0.05) is 29.1 Å². The molecule has 0 saturated heterocycles. The highest BCUT2D eigenvalue weighted by Crippen LogP contribution is 2.36. The van der Waals surface area contributed by atoms with Gasteiger partial charge in [0.25, 0.3) is 0 Å². The van der Waals surface area contributed by atoms with E-state index >= 15 is 0 Å². The minimum atomic E-state index is -4.43. The van der Waals surface area contributed by atoms with Gasteiger partial charge in [0.15, 0.2) is 11.5 Å². The number of halogens is 4. The molecule has 4 aromatic rings. The largest absolute Gasteiger partial charge is 0.493 e. The molecule has 0 amide bonds. The van der Waals surface area contributed by atoms with Crippen LogP contribution in [0.2, 0.25) is 0 Å². The van der Waals surface area contributed by atoms with E-state index in [0.29, 0.717) is 35.3 Å². The summed E-state index contributed by atoms with van der Waals surface area (Å²) in [5.74, 6) is 1.89. The maximum Gasteiger partial charge on any atom is 0.416 e. The van der Waals surface area contributed by atoms with E-state index in [0.717, 1.165) is 16.6 Å². The molecule has 2 heterocycles. The third-order valence-corrected chi connectivity index (χ3v) is 5.74. The van der Waals surface area contributed by atoms with Crippen LogP contribution in [-0.2, 0) is 12.8 Å². The van der Waals surface area contributed by atoms with Crippen LogP contribution >= 0.6 is 22.9 Å². The van der Waals surface area contributed by atoms with Crippen LogP contribution < -0.4 is 14.2 Å². The Kier molecular flexibility index (Phi) is 6.48. The summed E-state index contributed by atoms with van der Waals surface area (Å²) in [6.45, 7) is 0.137. The van der Waals surface area contributed by atoms with Gasteiger partial charge in [-0.05, 0) is 6.07 Å². The number of ether oxygens (including phenoxy) is 3. The van der Waals surface area contributed by atoms with Crippen molar-refractivity contribution in [3.63, 3.8) is 0 Å². The van der Waals surface area contributed by atoms with Crippen molar-refractivity contribution in [3.8, 4) is 22.2 Å². The van der Waals surface area contributed by atoms with Crippen molar-refractivity contribution in [2.45, 2.75) is 12.8 Å². The van der Waals surface area contributed by atoms with Gasteiger partial charge in [-0.3, -0.25) is 4.57 Å². The van der Waals surface area contributed by atoms with E-state index in [4.69, 9.17) is 25.8 Å². The Labute approximate surface area is 190 Å². The fraction of sp³-hybridized carbons (Fsp3) is 0.227. The van der Waals surface area contributed by atoms with Gasteiger partial charge in [0.2, 0.25) is 0 Å². The summed E-state index contributed by atoms with van der Waals surface area (Å²) in [6, 6.07) is 10.7. The van der Waals surface area contributed by atoms with Gasteiger partial charge in [-0.2, -0.15) is 13.2 Å². The smallest absolute Gasteiger partial charge is 0.416 e. The molecule has 0 atom stereocenters. The number of alkyl halides is 4. The molecule has 2 aromatic heterocycles. The van der Waals surface area contributed by atoms with E-state index < -0.39 is 11.7 Å². The summed E-state index contributed by atoms with van der Waals surface area (Å²) < 4.78 is 58.1. The van der Waals surface area contributed by atoms with Gasteiger partial charge in [0.05, 0.1) is 29.6 Å². The predicted octanol–water partition coefficient (Wildman–Crippen LogP) is 6.31. The van der Waals surface area contributed by atoms with Crippen molar-refractivity contribution in [3.05, 3.63) is 65.3 Å². The van der Waals surface area contributed by atoms with Gasteiger partial charge in [-0.15, -0.1) is 22.9 Å². The van der Waals surface area contributed by atoms with Gasteiger partial charge in [-0.25, -0.2) is 4.98 Å². The first-order valence-corrected chi connectivity index (χ1v) is 10.9. The predicted molar refractivity (Wildman–Crippen MR) is 117 cm³/mol. The molecule has 5 nitrogen and oxygen atoms in total. The summed E-state index contributed by atoms with van der Waals surface area (Å²) in [5, 5.41) is 2.53. The van der Waals surface area contributed by atoms with Crippen molar-refractivity contribution in [1.29, 1.82) is 0 Å². The van der Waals surface area contributed by atoms with E-state index in [-0.39, 0.29) is 12.2 Å². The fourth-order valence-corrected chi connectivity index (χ4v) is 4.10. The number of methoxy groups -OCH3 is 1. The number of benzene rings is 2. The van der Waals surface area contributed by atoms with Crippen LogP contribution in [0.25, 0.3) is 16.0 Å². The molecular formula is C22H18ClF3N2O3S. The molecule has 0 aliphatic rings. The van der Waals surface area contributed by atoms with Gasteiger partial charge < -0.3 is 14.2 Å². The Bertz CT molecular complexity index is 1220. The van der Waals surface area contributed by atoms with Crippen LogP contribution in [0.4, 0.5) is 13.2 Å². The number of thiophene rings is 1. The van der Waals surface area contributed by atoms with Crippen LogP contribution in [0, 0.1) is 0 Å². The van der Waals surface area contributed by atoms with Gasteiger partial charge >= 0.3 is 6.18 Å². The van der Waals surface area contributed by atoms with Crippen LogP contribution in [0.15, 0.2) is 54.2 Å². The third kappa shape index (κ3) is 4.63. The van der Waals surface area contributed by atoms with Crippen LogP contribution in [0.3, 0.4) is 0 Å². The second-order valence-electron chi connectivity index (χ2n) is 6.71. The van der Waals surface area contributed by atoms with Gasteiger partial charge in [-0.1, -0.05) is 18.2 Å². The second kappa shape index (κ2) is 9.30. The highest BCUT2D eigenvalue weighted by Gasteiger charge is 2.33. The minimum Gasteiger partial charge on any atom is -0.493 e. The zero-order valence-corrected chi connectivity index (χ0v) is 18.4. The van der Waals surface area contributed by atoms with E-state index in [1.807, 2.05) is 10.6 Å². The number of rotatable bonds is 8. The molecular weight excluding hydrogens is 465 g/mol. The zero-order valence-electron chi connectivity index (χ0n) is 16.9. The molecule has 0 radical (unpaired) electrons. The molecule has 0 aliphatic carbocycles. The molecule has 0 saturated carbocycles. The number of imidazole rings is 1. The monoisotopic (exact) mass is 482 g/mol. The first kappa shape index (κ1) is 22.3. The Balaban J connectivity index is 1.58. The standard InChI is InChI=1S/C22H18ClF3N2O3S/c1-29-19-9-17-18(10-20(19)30-7-6-23)28(13-27-17)21-8-15(12-32-21)31-11-14-4-2-3-5-16(14)22(24,25)26/h2-5,8-10,12-13H,6-7,11H2,1H3. The molecule has 168 valence electrons. The van der Waals surface area contributed by atoms with Crippen molar-refractivity contribution in [2.24, 2.45) is 0 Å². The highest BCUT2D eigenvalue weighted by molar-refractivity contribution is 7.12. The van der Waals surface area contributed by atoms with E-state index in [1.165, 1.54) is 23.5 Å². The topological polar surface area (TPSA) is 45.5 Å².